The summed E-state index contributed by atoms with van der Waals surface area (Å²) in [5.41, 5.74) is 0.911. The van der Waals surface area contributed by atoms with Gasteiger partial charge in [-0.1, -0.05) is 31.5 Å². The quantitative estimate of drug-likeness (QED) is 0.925. The van der Waals surface area contributed by atoms with Crippen molar-refractivity contribution in [3.63, 3.8) is 0 Å². The zero-order valence-corrected chi connectivity index (χ0v) is 14.0. The molecule has 1 N–H and O–H groups in total. The Kier molecular flexibility index (Phi) is 4.78. The second kappa shape index (κ2) is 6.26. The van der Waals surface area contributed by atoms with E-state index in [2.05, 4.69) is 5.32 Å². The Morgan fingerprint density at radius 1 is 1.45 bits per heavy atom. The van der Waals surface area contributed by atoms with Crippen LogP contribution in [0.5, 0.6) is 0 Å². The molecule has 0 aromatic heterocycles. The van der Waals surface area contributed by atoms with Gasteiger partial charge >= 0.3 is 0 Å². The number of carbonyl (C=O) groups excluding carboxylic acids is 2. The van der Waals surface area contributed by atoms with Crippen molar-refractivity contribution >= 4 is 29.1 Å². The van der Waals surface area contributed by atoms with E-state index in [4.69, 9.17) is 16.4 Å². The van der Waals surface area contributed by atoms with Gasteiger partial charge < -0.3 is 5.32 Å². The lowest BCUT2D eigenvalue weighted by Crippen LogP contribution is -2.30. The normalized spacial score (nSPS) is 17.2. The molecule has 6 heteroatoms. The summed E-state index contributed by atoms with van der Waals surface area (Å²) in [6.45, 7) is 8.00. The molecule has 1 saturated heterocycles. The fourth-order valence-electron chi connectivity index (χ4n) is 2.01. The minimum absolute atomic E-state index is 0.0549. The van der Waals surface area contributed by atoms with Crippen molar-refractivity contribution in [1.82, 2.24) is 5.06 Å². The Morgan fingerprint density at radius 2 is 2.14 bits per heavy atom. The van der Waals surface area contributed by atoms with E-state index in [0.717, 1.165) is 5.56 Å². The highest BCUT2D eigenvalue weighted by atomic mass is 35.5. The first-order valence-corrected chi connectivity index (χ1v) is 7.62. The van der Waals surface area contributed by atoms with E-state index in [9.17, 15) is 9.59 Å². The van der Waals surface area contributed by atoms with Crippen LogP contribution in [-0.4, -0.2) is 23.5 Å². The maximum absolute atomic E-state index is 12.1. The van der Waals surface area contributed by atoms with Gasteiger partial charge in [0.25, 0.3) is 5.91 Å². The molecule has 0 saturated carbocycles. The number of anilines is 1. The highest BCUT2D eigenvalue weighted by molar-refractivity contribution is 6.31. The molecule has 2 rings (SSSR count). The van der Waals surface area contributed by atoms with Gasteiger partial charge in [-0.3, -0.25) is 14.4 Å². The van der Waals surface area contributed by atoms with Gasteiger partial charge in [-0.2, -0.15) is 0 Å². The summed E-state index contributed by atoms with van der Waals surface area (Å²) in [7, 11) is 0. The first kappa shape index (κ1) is 16.8. The van der Waals surface area contributed by atoms with Crippen LogP contribution in [0, 0.1) is 11.3 Å². The molecule has 0 unspecified atom stereocenters. The second-order valence-corrected chi connectivity index (χ2v) is 6.86. The van der Waals surface area contributed by atoms with E-state index < -0.39 is 5.41 Å². The van der Waals surface area contributed by atoms with Crippen molar-refractivity contribution < 1.29 is 14.4 Å². The molecule has 1 aromatic carbocycles. The number of benzene rings is 1. The van der Waals surface area contributed by atoms with E-state index in [0.29, 0.717) is 23.9 Å². The largest absolute Gasteiger partial charge is 0.326 e. The lowest BCUT2D eigenvalue weighted by molar-refractivity contribution is -0.165. The first-order chi connectivity index (χ1) is 10.2. The molecule has 120 valence electrons. The number of amides is 2. The lowest BCUT2D eigenvalue weighted by atomic mass is 9.95. The molecule has 2 amide bonds. The molecule has 1 fully saturated rings. The minimum atomic E-state index is -0.502. The van der Waals surface area contributed by atoms with Gasteiger partial charge in [-0.15, -0.1) is 0 Å². The van der Waals surface area contributed by atoms with E-state index in [1.54, 1.807) is 18.2 Å². The molecule has 1 heterocycles. The number of hydrogen-bond donors (Lipinski definition) is 1. The van der Waals surface area contributed by atoms with Crippen LogP contribution < -0.4 is 5.32 Å². The number of nitrogens with zero attached hydrogens (tertiary/aromatic N) is 1. The van der Waals surface area contributed by atoms with Crippen LogP contribution in [0.4, 0.5) is 5.69 Å². The number of hydrogen-bond acceptors (Lipinski definition) is 3. The maximum Gasteiger partial charge on any atom is 0.254 e. The Bertz CT molecular complexity index is 599. The molecule has 1 aromatic rings. The Hall–Kier alpha value is -1.59. The van der Waals surface area contributed by atoms with Crippen molar-refractivity contribution in [2.24, 2.45) is 11.3 Å². The summed E-state index contributed by atoms with van der Waals surface area (Å²) in [6, 6.07) is 5.25. The predicted molar refractivity (Wildman–Crippen MR) is 85.2 cm³/mol. The van der Waals surface area contributed by atoms with E-state index in [1.165, 1.54) is 5.06 Å². The van der Waals surface area contributed by atoms with Gasteiger partial charge in [0.2, 0.25) is 5.91 Å². The monoisotopic (exact) mass is 324 g/mol. The molecule has 0 atom stereocenters. The van der Waals surface area contributed by atoms with Crippen molar-refractivity contribution in [3.8, 4) is 0 Å². The summed E-state index contributed by atoms with van der Waals surface area (Å²) in [6.07, 6.45) is 0. The van der Waals surface area contributed by atoms with Gasteiger partial charge in [0.1, 0.15) is 0 Å². The molecule has 22 heavy (non-hydrogen) atoms. The van der Waals surface area contributed by atoms with Crippen LogP contribution in [0.1, 0.15) is 33.3 Å². The standard InChI is InChI=1S/C16H21ClN2O3/c1-10(2)14(20)18-12-6-5-11(13(17)7-12)8-19-15(21)16(3,4)9-22-19/h5-7,10H,8-9H2,1-4H3,(H,18,20). The molecule has 1 aliphatic rings. The second-order valence-electron chi connectivity index (χ2n) is 6.45. The van der Waals surface area contributed by atoms with E-state index >= 15 is 0 Å². The number of halogens is 1. The van der Waals surface area contributed by atoms with Gasteiger partial charge in [0.15, 0.2) is 0 Å². The molecule has 5 nitrogen and oxygen atoms in total. The molecule has 0 spiro atoms. The predicted octanol–water partition coefficient (Wildman–Crippen LogP) is 3.23. The number of hydroxylamine groups is 2. The van der Waals surface area contributed by atoms with Crippen LogP contribution in [0.15, 0.2) is 18.2 Å². The SMILES string of the molecule is CC(C)C(=O)Nc1ccc(CN2OCC(C)(C)C2=O)c(Cl)c1. The van der Waals surface area contributed by atoms with Crippen molar-refractivity contribution in [2.75, 3.05) is 11.9 Å². The maximum atomic E-state index is 12.1. The average Bonchev–Trinajstić information content (AvgIpc) is 2.68. The van der Waals surface area contributed by atoms with Gasteiger partial charge in [0.05, 0.1) is 18.6 Å². The minimum Gasteiger partial charge on any atom is -0.326 e. The highest BCUT2D eigenvalue weighted by Crippen LogP contribution is 2.30. The lowest BCUT2D eigenvalue weighted by Gasteiger charge is -2.17. The van der Waals surface area contributed by atoms with Crippen LogP contribution in [-0.2, 0) is 21.0 Å². The van der Waals surface area contributed by atoms with Crippen molar-refractivity contribution in [2.45, 2.75) is 34.2 Å². The molecule has 1 aliphatic heterocycles. The molecular formula is C16H21ClN2O3. The summed E-state index contributed by atoms with van der Waals surface area (Å²) in [4.78, 5) is 29.2. The van der Waals surface area contributed by atoms with Gasteiger partial charge in [0, 0.05) is 16.6 Å². The molecular weight excluding hydrogens is 304 g/mol. The third-order valence-corrected chi connectivity index (χ3v) is 3.90. The van der Waals surface area contributed by atoms with Crippen molar-refractivity contribution in [1.29, 1.82) is 0 Å². The van der Waals surface area contributed by atoms with Crippen LogP contribution in [0.2, 0.25) is 5.02 Å². The summed E-state index contributed by atoms with van der Waals surface area (Å²) in [5.74, 6) is -0.222. The molecule has 0 aliphatic carbocycles. The summed E-state index contributed by atoms with van der Waals surface area (Å²) >= 11 is 6.24. The number of rotatable bonds is 4. The smallest absolute Gasteiger partial charge is 0.254 e. The fourth-order valence-corrected chi connectivity index (χ4v) is 2.25. The van der Waals surface area contributed by atoms with Gasteiger partial charge in [-0.25, -0.2) is 5.06 Å². The third-order valence-electron chi connectivity index (χ3n) is 3.55. The average molecular weight is 325 g/mol. The zero-order valence-electron chi connectivity index (χ0n) is 13.3. The van der Waals surface area contributed by atoms with Crippen molar-refractivity contribution in [3.05, 3.63) is 28.8 Å². The van der Waals surface area contributed by atoms with Crippen LogP contribution >= 0.6 is 11.6 Å². The van der Waals surface area contributed by atoms with Crippen LogP contribution in [0.25, 0.3) is 0 Å². The van der Waals surface area contributed by atoms with Gasteiger partial charge in [-0.05, 0) is 31.5 Å². The fraction of sp³-hybridized carbons (Fsp3) is 0.500. The Balaban J connectivity index is 2.08. The first-order valence-electron chi connectivity index (χ1n) is 7.25. The van der Waals surface area contributed by atoms with E-state index in [-0.39, 0.29) is 17.7 Å². The Labute approximate surface area is 135 Å². The topological polar surface area (TPSA) is 58.6 Å². The molecule has 0 radical (unpaired) electrons. The zero-order chi connectivity index (χ0) is 16.5. The van der Waals surface area contributed by atoms with E-state index in [1.807, 2.05) is 27.7 Å². The number of carbonyl (C=O) groups is 2. The van der Waals surface area contributed by atoms with Crippen LogP contribution in [0.3, 0.4) is 0 Å². The molecule has 0 bridgehead atoms. The third kappa shape index (κ3) is 3.59. The number of nitrogens with one attached hydrogen (secondary N) is 1. The highest BCUT2D eigenvalue weighted by Gasteiger charge is 2.40. The summed E-state index contributed by atoms with van der Waals surface area (Å²) < 4.78 is 0. The Morgan fingerprint density at radius 3 is 2.64 bits per heavy atom. The summed E-state index contributed by atoms with van der Waals surface area (Å²) in [5, 5.41) is 4.62.